The number of hydrogen-bond donors (Lipinski definition) is 1. The van der Waals surface area contributed by atoms with Crippen LogP contribution < -0.4 is 0 Å². The molecule has 1 saturated heterocycles. The fraction of sp³-hybridized carbons (Fsp3) is 0.833. The van der Waals surface area contributed by atoms with Gasteiger partial charge in [-0.25, -0.2) is 9.59 Å². The van der Waals surface area contributed by atoms with Crippen LogP contribution in [-0.4, -0.2) is 39.8 Å². The minimum atomic E-state index is -0.952. The summed E-state index contributed by atoms with van der Waals surface area (Å²) in [6, 6.07) is -0.763. The minimum absolute atomic E-state index is 0.0223. The van der Waals surface area contributed by atoms with Crippen LogP contribution in [0.4, 0.5) is 4.79 Å². The van der Waals surface area contributed by atoms with Gasteiger partial charge in [0.15, 0.2) is 0 Å². The Morgan fingerprint density at radius 1 is 1.35 bits per heavy atom. The molecule has 1 heterocycles. The number of likely N-dealkylation sites (tertiary alicyclic amines) is 1. The molecule has 0 unspecified atom stereocenters. The first-order valence-electron chi connectivity index (χ1n) is 6.00. The van der Waals surface area contributed by atoms with Crippen molar-refractivity contribution >= 4 is 12.1 Å². The predicted octanol–water partition coefficient (Wildman–Crippen LogP) is 2.25. The first-order chi connectivity index (χ1) is 7.76. The van der Waals surface area contributed by atoms with Gasteiger partial charge in [0.05, 0.1) is 0 Å². The number of hydrogen-bond acceptors (Lipinski definition) is 3. The molecule has 1 aliphatic heterocycles. The molecule has 1 rings (SSSR count). The third kappa shape index (κ3) is 3.35. The Hall–Kier alpha value is -1.26. The summed E-state index contributed by atoms with van der Waals surface area (Å²) < 4.78 is 5.26. The number of rotatable bonds is 2. The van der Waals surface area contributed by atoms with E-state index in [2.05, 4.69) is 0 Å². The van der Waals surface area contributed by atoms with Crippen molar-refractivity contribution in [1.29, 1.82) is 0 Å². The molecular formula is C12H21NO4. The van der Waals surface area contributed by atoms with E-state index in [0.717, 1.165) is 12.8 Å². The molecule has 5 heteroatoms. The van der Waals surface area contributed by atoms with Crippen molar-refractivity contribution in [3.8, 4) is 0 Å². The van der Waals surface area contributed by atoms with Crippen LogP contribution >= 0.6 is 0 Å². The smallest absolute Gasteiger partial charge is 0.411 e. The van der Waals surface area contributed by atoms with Crippen molar-refractivity contribution in [2.45, 2.75) is 64.6 Å². The molecule has 0 bridgehead atoms. The lowest BCUT2D eigenvalue weighted by Crippen LogP contribution is -2.47. The van der Waals surface area contributed by atoms with Crippen LogP contribution in [0.1, 0.15) is 47.0 Å². The molecule has 0 aromatic rings. The zero-order valence-electron chi connectivity index (χ0n) is 10.9. The minimum Gasteiger partial charge on any atom is -0.480 e. The molecule has 0 spiro atoms. The Bertz CT molecular complexity index is 308. The van der Waals surface area contributed by atoms with E-state index in [4.69, 9.17) is 9.84 Å². The average molecular weight is 243 g/mol. The van der Waals surface area contributed by atoms with Gasteiger partial charge in [-0.1, -0.05) is 6.92 Å². The van der Waals surface area contributed by atoms with E-state index in [1.165, 1.54) is 4.90 Å². The topological polar surface area (TPSA) is 66.8 Å². The summed E-state index contributed by atoms with van der Waals surface area (Å²) in [6.45, 7) is 7.28. The maximum Gasteiger partial charge on any atom is 0.411 e. The molecule has 1 amide bonds. The Labute approximate surface area is 102 Å². The maximum absolute atomic E-state index is 12.0. The van der Waals surface area contributed by atoms with Gasteiger partial charge in [0.1, 0.15) is 11.6 Å². The number of carboxylic acids is 1. The third-order valence-corrected chi connectivity index (χ3v) is 2.86. The number of aliphatic carboxylic acids is 1. The van der Waals surface area contributed by atoms with Gasteiger partial charge in [-0.05, 0) is 40.0 Å². The van der Waals surface area contributed by atoms with Crippen molar-refractivity contribution in [3.63, 3.8) is 0 Å². The summed E-state index contributed by atoms with van der Waals surface area (Å²) >= 11 is 0. The molecule has 5 nitrogen and oxygen atoms in total. The van der Waals surface area contributed by atoms with E-state index >= 15 is 0 Å². The standard InChI is InChI=1S/C12H21NO4/c1-5-8-6-7-9(10(14)15)13(8)11(16)17-12(2,3)4/h8-9H,5-7H2,1-4H3,(H,14,15)/t8-,9+/m1/s1. The highest BCUT2D eigenvalue weighted by Gasteiger charge is 2.41. The van der Waals surface area contributed by atoms with Crippen LogP contribution in [0.3, 0.4) is 0 Å². The van der Waals surface area contributed by atoms with Gasteiger partial charge < -0.3 is 9.84 Å². The highest BCUT2D eigenvalue weighted by atomic mass is 16.6. The lowest BCUT2D eigenvalue weighted by molar-refractivity contribution is -0.142. The second kappa shape index (κ2) is 4.94. The molecule has 0 aromatic heterocycles. The van der Waals surface area contributed by atoms with E-state index in [1.54, 1.807) is 20.8 Å². The number of ether oxygens (including phenoxy) is 1. The summed E-state index contributed by atoms with van der Waals surface area (Å²) in [5, 5.41) is 9.09. The van der Waals surface area contributed by atoms with E-state index < -0.39 is 23.7 Å². The second-order valence-electron chi connectivity index (χ2n) is 5.38. The third-order valence-electron chi connectivity index (χ3n) is 2.86. The maximum atomic E-state index is 12.0. The molecule has 1 aliphatic rings. The summed E-state index contributed by atoms with van der Waals surface area (Å²) in [4.78, 5) is 24.5. The quantitative estimate of drug-likeness (QED) is 0.807. The Kier molecular flexibility index (Phi) is 4.01. The molecule has 98 valence electrons. The molecule has 0 aromatic carbocycles. The monoisotopic (exact) mass is 243 g/mol. The van der Waals surface area contributed by atoms with Gasteiger partial charge in [-0.15, -0.1) is 0 Å². The molecule has 17 heavy (non-hydrogen) atoms. The zero-order chi connectivity index (χ0) is 13.2. The van der Waals surface area contributed by atoms with Crippen LogP contribution in [0.25, 0.3) is 0 Å². The van der Waals surface area contributed by atoms with Gasteiger partial charge in [-0.3, -0.25) is 4.90 Å². The number of carboxylic acid groups (broad SMARTS) is 1. The largest absolute Gasteiger partial charge is 0.480 e. The van der Waals surface area contributed by atoms with E-state index in [1.807, 2.05) is 6.92 Å². The molecule has 0 aliphatic carbocycles. The second-order valence-corrected chi connectivity index (χ2v) is 5.38. The first-order valence-corrected chi connectivity index (χ1v) is 6.00. The molecular weight excluding hydrogens is 222 g/mol. The Morgan fingerprint density at radius 3 is 2.35 bits per heavy atom. The number of carbonyl (C=O) groups excluding carboxylic acids is 1. The highest BCUT2D eigenvalue weighted by Crippen LogP contribution is 2.28. The Balaban J connectivity index is 2.82. The molecule has 0 saturated carbocycles. The zero-order valence-corrected chi connectivity index (χ0v) is 10.9. The highest BCUT2D eigenvalue weighted by molar-refractivity contribution is 5.81. The molecule has 2 atom stereocenters. The lowest BCUT2D eigenvalue weighted by Gasteiger charge is -2.30. The summed E-state index contributed by atoms with van der Waals surface area (Å²) in [5.41, 5.74) is -0.596. The van der Waals surface area contributed by atoms with Crippen LogP contribution in [0, 0.1) is 0 Å². The Morgan fingerprint density at radius 2 is 1.94 bits per heavy atom. The lowest BCUT2D eigenvalue weighted by atomic mass is 10.1. The molecule has 1 fully saturated rings. The van der Waals surface area contributed by atoms with E-state index in [-0.39, 0.29) is 6.04 Å². The van der Waals surface area contributed by atoms with Crippen LogP contribution in [0.5, 0.6) is 0 Å². The van der Waals surface area contributed by atoms with Gasteiger partial charge >= 0.3 is 12.1 Å². The van der Waals surface area contributed by atoms with Crippen molar-refractivity contribution in [2.24, 2.45) is 0 Å². The normalized spacial score (nSPS) is 24.8. The predicted molar refractivity (Wildman–Crippen MR) is 62.8 cm³/mol. The van der Waals surface area contributed by atoms with E-state index in [9.17, 15) is 9.59 Å². The average Bonchev–Trinajstić information content (AvgIpc) is 2.57. The number of amides is 1. The molecule has 1 N–H and O–H groups in total. The fourth-order valence-corrected chi connectivity index (χ4v) is 2.12. The van der Waals surface area contributed by atoms with Crippen LogP contribution in [-0.2, 0) is 9.53 Å². The van der Waals surface area contributed by atoms with Crippen molar-refractivity contribution < 1.29 is 19.4 Å². The molecule has 0 radical (unpaired) electrons. The van der Waals surface area contributed by atoms with Crippen LogP contribution in [0.15, 0.2) is 0 Å². The van der Waals surface area contributed by atoms with E-state index in [0.29, 0.717) is 6.42 Å². The summed E-state index contributed by atoms with van der Waals surface area (Å²) in [7, 11) is 0. The first kappa shape index (κ1) is 13.8. The van der Waals surface area contributed by atoms with Gasteiger partial charge in [-0.2, -0.15) is 0 Å². The van der Waals surface area contributed by atoms with Gasteiger partial charge in [0.2, 0.25) is 0 Å². The summed E-state index contributed by atoms with van der Waals surface area (Å²) in [6.07, 6.45) is 1.47. The number of nitrogens with zero attached hydrogens (tertiary/aromatic N) is 1. The van der Waals surface area contributed by atoms with Gasteiger partial charge in [0, 0.05) is 6.04 Å². The van der Waals surface area contributed by atoms with Crippen molar-refractivity contribution in [2.75, 3.05) is 0 Å². The fourth-order valence-electron chi connectivity index (χ4n) is 2.12. The van der Waals surface area contributed by atoms with Crippen molar-refractivity contribution in [3.05, 3.63) is 0 Å². The summed E-state index contributed by atoms with van der Waals surface area (Å²) in [5.74, 6) is -0.952. The van der Waals surface area contributed by atoms with Crippen molar-refractivity contribution in [1.82, 2.24) is 4.90 Å². The SMILES string of the molecule is CC[C@@H]1CC[C@@H](C(=O)O)N1C(=O)OC(C)(C)C. The van der Waals surface area contributed by atoms with Crippen LogP contribution in [0.2, 0.25) is 0 Å². The van der Waals surface area contributed by atoms with Gasteiger partial charge in [0.25, 0.3) is 0 Å². The number of carbonyl (C=O) groups is 2.